The average Bonchev–Trinajstić information content (AvgIpc) is 2.40. The zero-order chi connectivity index (χ0) is 12.8. The Kier molecular flexibility index (Phi) is 4.23. The summed E-state index contributed by atoms with van der Waals surface area (Å²) < 4.78 is 12.7. The predicted molar refractivity (Wildman–Crippen MR) is 68.8 cm³/mol. The monoisotopic (exact) mass is 246 g/mol. The molecule has 1 unspecified atom stereocenters. The van der Waals surface area contributed by atoms with E-state index in [-0.39, 0.29) is 11.7 Å². The number of hydrogen-bond donors (Lipinski definition) is 1. The smallest absolute Gasteiger partial charge is 0.267 e. The summed E-state index contributed by atoms with van der Waals surface area (Å²) in [7, 11) is 0. The lowest BCUT2D eigenvalue weighted by atomic mass is 9.96. The molecule has 4 heteroatoms. The van der Waals surface area contributed by atoms with E-state index in [0.29, 0.717) is 11.5 Å². The summed E-state index contributed by atoms with van der Waals surface area (Å²) in [5.41, 5.74) is 2.85. The van der Waals surface area contributed by atoms with Gasteiger partial charge in [0.15, 0.2) is 0 Å². The lowest BCUT2D eigenvalue weighted by Gasteiger charge is -2.11. The molecule has 0 fully saturated rings. The van der Waals surface area contributed by atoms with E-state index in [0.717, 1.165) is 19.3 Å². The molecule has 0 saturated heterocycles. The molecule has 0 aliphatic heterocycles. The number of halogens is 1. The molecule has 1 aliphatic rings. The number of allylic oxidation sites excluding steroid dienone is 2. The van der Waals surface area contributed by atoms with Gasteiger partial charge in [0.1, 0.15) is 5.82 Å². The van der Waals surface area contributed by atoms with Crippen LogP contribution < -0.4 is 5.43 Å². The molecular formula is C14H15FN2O. The van der Waals surface area contributed by atoms with Crippen molar-refractivity contribution in [3.8, 4) is 0 Å². The van der Waals surface area contributed by atoms with Crippen LogP contribution in [0.3, 0.4) is 0 Å². The number of nitrogens with one attached hydrogen (secondary N) is 1. The molecule has 0 heterocycles. The number of nitrogens with zero attached hydrogens (tertiary/aromatic N) is 1. The Hall–Kier alpha value is -1.97. The van der Waals surface area contributed by atoms with Crippen molar-refractivity contribution in [2.24, 2.45) is 11.0 Å². The van der Waals surface area contributed by atoms with Gasteiger partial charge in [-0.05, 0) is 49.4 Å². The van der Waals surface area contributed by atoms with Crippen LogP contribution in [-0.4, -0.2) is 12.1 Å². The summed E-state index contributed by atoms with van der Waals surface area (Å²) >= 11 is 0. The van der Waals surface area contributed by atoms with Gasteiger partial charge in [0.2, 0.25) is 0 Å². The van der Waals surface area contributed by atoms with E-state index < -0.39 is 0 Å². The predicted octanol–water partition coefficient (Wildman–Crippen LogP) is 2.90. The highest BCUT2D eigenvalue weighted by Gasteiger charge is 2.07. The fourth-order valence-corrected chi connectivity index (χ4v) is 1.82. The van der Waals surface area contributed by atoms with E-state index >= 15 is 0 Å². The van der Waals surface area contributed by atoms with Crippen LogP contribution in [0.2, 0.25) is 0 Å². The molecule has 1 amide bonds. The first-order valence-corrected chi connectivity index (χ1v) is 6.00. The van der Waals surface area contributed by atoms with Gasteiger partial charge in [-0.1, -0.05) is 12.2 Å². The maximum Gasteiger partial charge on any atom is 0.271 e. The molecule has 1 aliphatic carbocycles. The van der Waals surface area contributed by atoms with Crippen LogP contribution in [0.15, 0.2) is 41.5 Å². The summed E-state index contributed by atoms with van der Waals surface area (Å²) in [4.78, 5) is 11.6. The van der Waals surface area contributed by atoms with E-state index in [1.165, 1.54) is 24.3 Å². The fraction of sp³-hybridized carbons (Fsp3) is 0.286. The van der Waals surface area contributed by atoms with Gasteiger partial charge in [-0.15, -0.1) is 0 Å². The number of rotatable bonds is 3. The second-order valence-electron chi connectivity index (χ2n) is 4.27. The zero-order valence-electron chi connectivity index (χ0n) is 9.97. The Balaban J connectivity index is 1.86. The van der Waals surface area contributed by atoms with Crippen LogP contribution in [0.5, 0.6) is 0 Å². The molecule has 18 heavy (non-hydrogen) atoms. The zero-order valence-corrected chi connectivity index (χ0v) is 9.97. The standard InChI is InChI=1S/C14H15FN2O/c15-13-8-6-12(7-9-13)14(18)17-16-10-11-4-2-1-3-5-11/h1-2,6-11H,3-5H2,(H,17,18). The van der Waals surface area contributed by atoms with Gasteiger partial charge in [-0.2, -0.15) is 5.10 Å². The number of carbonyl (C=O) groups excluding carboxylic acids is 1. The Morgan fingerprint density at radius 2 is 2.11 bits per heavy atom. The van der Waals surface area contributed by atoms with Crippen LogP contribution in [-0.2, 0) is 0 Å². The summed E-state index contributed by atoms with van der Waals surface area (Å²) in [5.74, 6) is -0.287. The lowest BCUT2D eigenvalue weighted by molar-refractivity contribution is 0.0955. The molecule has 0 aromatic heterocycles. The summed E-state index contributed by atoms with van der Waals surface area (Å²) in [6.07, 6.45) is 9.14. The third-order valence-corrected chi connectivity index (χ3v) is 2.87. The molecule has 94 valence electrons. The highest BCUT2D eigenvalue weighted by Crippen LogP contribution is 2.15. The quantitative estimate of drug-likeness (QED) is 0.497. The van der Waals surface area contributed by atoms with Gasteiger partial charge in [0, 0.05) is 11.8 Å². The first-order valence-electron chi connectivity index (χ1n) is 6.00. The molecule has 0 radical (unpaired) electrons. The molecule has 1 aromatic carbocycles. The fourth-order valence-electron chi connectivity index (χ4n) is 1.82. The van der Waals surface area contributed by atoms with Crippen molar-refractivity contribution < 1.29 is 9.18 Å². The number of amides is 1. The van der Waals surface area contributed by atoms with Crippen molar-refractivity contribution in [3.63, 3.8) is 0 Å². The van der Waals surface area contributed by atoms with Crippen LogP contribution in [0.4, 0.5) is 4.39 Å². The molecule has 1 aromatic rings. The normalized spacial score (nSPS) is 19.1. The van der Waals surface area contributed by atoms with E-state index in [1.54, 1.807) is 6.21 Å². The number of hydrazone groups is 1. The Morgan fingerprint density at radius 3 is 2.78 bits per heavy atom. The number of carbonyl (C=O) groups is 1. The van der Waals surface area contributed by atoms with Crippen molar-refractivity contribution >= 4 is 12.1 Å². The van der Waals surface area contributed by atoms with E-state index in [4.69, 9.17) is 0 Å². The second kappa shape index (κ2) is 6.10. The number of benzene rings is 1. The molecule has 2 rings (SSSR count). The third-order valence-electron chi connectivity index (χ3n) is 2.87. The first-order chi connectivity index (χ1) is 8.75. The van der Waals surface area contributed by atoms with Gasteiger partial charge in [0.05, 0.1) is 0 Å². The van der Waals surface area contributed by atoms with Gasteiger partial charge in [-0.3, -0.25) is 4.79 Å². The minimum absolute atomic E-state index is 0.322. The first kappa shape index (κ1) is 12.5. The van der Waals surface area contributed by atoms with Gasteiger partial charge >= 0.3 is 0 Å². The Morgan fingerprint density at radius 1 is 1.33 bits per heavy atom. The highest BCUT2D eigenvalue weighted by molar-refractivity contribution is 5.94. The molecule has 1 N–H and O–H groups in total. The third kappa shape index (κ3) is 3.52. The second-order valence-corrected chi connectivity index (χ2v) is 4.27. The maximum atomic E-state index is 12.7. The minimum atomic E-state index is -0.357. The minimum Gasteiger partial charge on any atom is -0.267 e. The SMILES string of the molecule is O=C(NN=CC1CC=CCC1)c1ccc(F)cc1. The molecule has 0 spiro atoms. The summed E-state index contributed by atoms with van der Waals surface area (Å²) in [6.45, 7) is 0. The highest BCUT2D eigenvalue weighted by atomic mass is 19.1. The van der Waals surface area contributed by atoms with E-state index in [2.05, 4.69) is 22.7 Å². The molecule has 1 atom stereocenters. The van der Waals surface area contributed by atoms with E-state index in [9.17, 15) is 9.18 Å². The van der Waals surface area contributed by atoms with Crippen LogP contribution in [0.1, 0.15) is 29.6 Å². The average molecular weight is 246 g/mol. The molecule has 3 nitrogen and oxygen atoms in total. The van der Waals surface area contributed by atoms with E-state index in [1.807, 2.05) is 0 Å². The van der Waals surface area contributed by atoms with Gasteiger partial charge in [-0.25, -0.2) is 9.82 Å². The van der Waals surface area contributed by atoms with Crippen LogP contribution >= 0.6 is 0 Å². The van der Waals surface area contributed by atoms with Crippen molar-refractivity contribution in [2.45, 2.75) is 19.3 Å². The van der Waals surface area contributed by atoms with Crippen LogP contribution in [0.25, 0.3) is 0 Å². The maximum absolute atomic E-state index is 12.7. The van der Waals surface area contributed by atoms with Crippen molar-refractivity contribution in [2.75, 3.05) is 0 Å². The summed E-state index contributed by atoms with van der Waals surface area (Å²) in [6, 6.07) is 5.38. The molecule has 0 saturated carbocycles. The lowest BCUT2D eigenvalue weighted by Crippen LogP contribution is -2.18. The molecular weight excluding hydrogens is 231 g/mol. The van der Waals surface area contributed by atoms with Crippen molar-refractivity contribution in [1.29, 1.82) is 0 Å². The topological polar surface area (TPSA) is 41.5 Å². The van der Waals surface area contributed by atoms with Crippen molar-refractivity contribution in [1.82, 2.24) is 5.43 Å². The van der Waals surface area contributed by atoms with Crippen LogP contribution in [0, 0.1) is 11.7 Å². The van der Waals surface area contributed by atoms with Crippen molar-refractivity contribution in [3.05, 3.63) is 47.8 Å². The summed E-state index contributed by atoms with van der Waals surface area (Å²) in [5, 5.41) is 3.94. The van der Waals surface area contributed by atoms with Gasteiger partial charge < -0.3 is 0 Å². The number of hydrogen-bond acceptors (Lipinski definition) is 2. The Labute approximate surface area is 105 Å². The Bertz CT molecular complexity index is 465. The van der Waals surface area contributed by atoms with Gasteiger partial charge in [0.25, 0.3) is 5.91 Å². The largest absolute Gasteiger partial charge is 0.271 e. The molecule has 0 bridgehead atoms.